The van der Waals surface area contributed by atoms with E-state index in [1.807, 2.05) is 18.2 Å². The number of carbonyl (C=O) groups is 1. The van der Waals surface area contributed by atoms with Crippen LogP contribution in [0.4, 0.5) is 0 Å². The minimum atomic E-state index is -0.803. The topological polar surface area (TPSA) is 87.8 Å². The van der Waals surface area contributed by atoms with E-state index in [-0.39, 0.29) is 18.0 Å². The molecule has 1 aliphatic rings. The summed E-state index contributed by atoms with van der Waals surface area (Å²) in [6.07, 6.45) is 4.53. The van der Waals surface area contributed by atoms with Crippen molar-refractivity contribution in [1.29, 1.82) is 5.26 Å². The Balaban J connectivity index is 1.59. The number of halogens is 1. The second kappa shape index (κ2) is 7.38. The fraction of sp³-hybridized carbons (Fsp3) is 0.300. The van der Waals surface area contributed by atoms with Crippen LogP contribution in [0.25, 0.3) is 20.7 Å². The molecule has 0 radical (unpaired) electrons. The van der Waals surface area contributed by atoms with Crippen LogP contribution in [0.15, 0.2) is 41.5 Å². The Morgan fingerprint density at radius 1 is 1.32 bits per heavy atom. The van der Waals surface area contributed by atoms with E-state index in [2.05, 4.69) is 16.4 Å². The van der Waals surface area contributed by atoms with Crippen molar-refractivity contribution in [3.63, 3.8) is 0 Å². The molecule has 4 rings (SSSR count). The second-order valence-electron chi connectivity index (χ2n) is 6.96. The third-order valence-electron chi connectivity index (χ3n) is 5.00. The van der Waals surface area contributed by atoms with Crippen LogP contribution in [0.3, 0.4) is 0 Å². The van der Waals surface area contributed by atoms with Gasteiger partial charge in [0.1, 0.15) is 16.8 Å². The van der Waals surface area contributed by atoms with E-state index in [9.17, 15) is 14.9 Å². The summed E-state index contributed by atoms with van der Waals surface area (Å²) in [6, 6.07) is 11.5. The number of rotatable bonds is 4. The molecule has 1 N–H and O–H groups in total. The third-order valence-corrected chi connectivity index (χ3v) is 6.41. The molecule has 0 spiro atoms. The third kappa shape index (κ3) is 3.53. The lowest BCUT2D eigenvalue weighted by Gasteiger charge is -2.22. The molecule has 1 fully saturated rings. The molecule has 0 atom stereocenters. The van der Waals surface area contributed by atoms with Gasteiger partial charge in [-0.3, -0.25) is 14.2 Å². The number of amides is 1. The zero-order valence-corrected chi connectivity index (χ0v) is 16.5. The number of fused-ring (bicyclic) bond motifs is 1. The molecule has 0 aliphatic heterocycles. The fourth-order valence-corrected chi connectivity index (χ4v) is 4.71. The number of hydrogen-bond acceptors (Lipinski definition) is 5. The van der Waals surface area contributed by atoms with Gasteiger partial charge in [0.2, 0.25) is 5.91 Å². The molecule has 1 saturated carbocycles. The van der Waals surface area contributed by atoms with E-state index in [1.165, 1.54) is 22.2 Å². The summed E-state index contributed by atoms with van der Waals surface area (Å²) in [5.74, 6) is -0.346. The highest BCUT2D eigenvalue weighted by Gasteiger charge is 2.35. The Labute approximate surface area is 170 Å². The molecular formula is C20H17ClN4O2S. The van der Waals surface area contributed by atoms with Crippen LogP contribution >= 0.6 is 22.9 Å². The van der Waals surface area contributed by atoms with E-state index >= 15 is 0 Å². The maximum atomic E-state index is 12.8. The number of carbonyl (C=O) groups excluding carboxylic acids is 1. The number of benzene rings is 1. The van der Waals surface area contributed by atoms with Gasteiger partial charge in [-0.1, -0.05) is 23.7 Å². The van der Waals surface area contributed by atoms with E-state index < -0.39 is 5.54 Å². The molecule has 142 valence electrons. The summed E-state index contributed by atoms with van der Waals surface area (Å²) < 4.78 is 1.79. The molecular weight excluding hydrogens is 396 g/mol. The monoisotopic (exact) mass is 412 g/mol. The Morgan fingerprint density at radius 2 is 2.04 bits per heavy atom. The standard InChI is InChI=1S/C20H17ClN4O2S/c21-14-5-3-13(4-6-14)16-9-15-18(28-16)19(27)25(12-23-15)10-17(26)24-20(11-22)7-1-2-8-20/h3-6,9,12H,1-2,7-8,10H2,(H,24,26). The first kappa shape index (κ1) is 18.7. The minimum Gasteiger partial charge on any atom is -0.336 e. The molecule has 1 aliphatic carbocycles. The highest BCUT2D eigenvalue weighted by atomic mass is 35.5. The van der Waals surface area contributed by atoms with Gasteiger partial charge in [0.05, 0.1) is 17.9 Å². The molecule has 2 aromatic heterocycles. The van der Waals surface area contributed by atoms with Crippen LogP contribution in [-0.4, -0.2) is 21.0 Å². The Morgan fingerprint density at radius 3 is 2.71 bits per heavy atom. The van der Waals surface area contributed by atoms with Gasteiger partial charge in [0.25, 0.3) is 5.56 Å². The molecule has 3 aromatic rings. The number of nitrogens with zero attached hydrogens (tertiary/aromatic N) is 3. The minimum absolute atomic E-state index is 0.153. The molecule has 0 bridgehead atoms. The van der Waals surface area contributed by atoms with Gasteiger partial charge in [0.15, 0.2) is 0 Å². The average Bonchev–Trinajstić information content (AvgIpc) is 3.33. The molecule has 8 heteroatoms. The summed E-state index contributed by atoms with van der Waals surface area (Å²) in [4.78, 5) is 30.5. The van der Waals surface area contributed by atoms with E-state index in [4.69, 9.17) is 11.6 Å². The normalized spacial score (nSPS) is 15.4. The van der Waals surface area contributed by atoms with Crippen molar-refractivity contribution in [2.24, 2.45) is 0 Å². The SMILES string of the molecule is N#CC1(NC(=O)Cn2cnc3cc(-c4ccc(Cl)cc4)sc3c2=O)CCCC1. The summed E-state index contributed by atoms with van der Waals surface area (Å²) in [5.41, 5.74) is 0.486. The van der Waals surface area contributed by atoms with Crippen molar-refractivity contribution in [3.8, 4) is 16.5 Å². The van der Waals surface area contributed by atoms with Crippen LogP contribution in [0.1, 0.15) is 25.7 Å². The number of nitriles is 1. The fourth-order valence-electron chi connectivity index (χ4n) is 3.52. The first-order valence-electron chi connectivity index (χ1n) is 8.97. The van der Waals surface area contributed by atoms with Gasteiger partial charge in [-0.25, -0.2) is 4.98 Å². The van der Waals surface area contributed by atoms with Gasteiger partial charge in [-0.05, 0) is 49.4 Å². The first-order valence-corrected chi connectivity index (χ1v) is 10.2. The van der Waals surface area contributed by atoms with Crippen molar-refractivity contribution in [3.05, 3.63) is 52.0 Å². The van der Waals surface area contributed by atoms with Crippen LogP contribution < -0.4 is 10.9 Å². The number of nitrogens with one attached hydrogen (secondary N) is 1. The van der Waals surface area contributed by atoms with Gasteiger partial charge in [-0.15, -0.1) is 11.3 Å². The first-order chi connectivity index (χ1) is 13.5. The average molecular weight is 413 g/mol. The smallest absolute Gasteiger partial charge is 0.271 e. The molecule has 0 unspecified atom stereocenters. The molecule has 1 aromatic carbocycles. The molecule has 2 heterocycles. The van der Waals surface area contributed by atoms with E-state index in [1.54, 1.807) is 12.1 Å². The van der Waals surface area contributed by atoms with E-state index in [0.29, 0.717) is 28.1 Å². The van der Waals surface area contributed by atoms with E-state index in [0.717, 1.165) is 23.3 Å². The van der Waals surface area contributed by atoms with Gasteiger partial charge in [-0.2, -0.15) is 5.26 Å². The predicted molar refractivity (Wildman–Crippen MR) is 109 cm³/mol. The maximum absolute atomic E-state index is 12.8. The number of thiophene rings is 1. The molecule has 28 heavy (non-hydrogen) atoms. The van der Waals surface area contributed by atoms with Crippen molar-refractivity contribution in [2.75, 3.05) is 0 Å². The lowest BCUT2D eigenvalue weighted by atomic mass is 10.00. The zero-order valence-electron chi connectivity index (χ0n) is 14.9. The summed E-state index contributed by atoms with van der Waals surface area (Å²) in [7, 11) is 0. The predicted octanol–water partition coefficient (Wildman–Crippen LogP) is 3.73. The summed E-state index contributed by atoms with van der Waals surface area (Å²) >= 11 is 7.27. The summed E-state index contributed by atoms with van der Waals surface area (Å²) in [6.45, 7) is -0.153. The van der Waals surface area contributed by atoms with Crippen LogP contribution in [0.2, 0.25) is 5.02 Å². The van der Waals surface area contributed by atoms with Gasteiger partial charge < -0.3 is 5.32 Å². The quantitative estimate of drug-likeness (QED) is 0.707. The van der Waals surface area contributed by atoms with Crippen LogP contribution in [-0.2, 0) is 11.3 Å². The van der Waals surface area contributed by atoms with Crippen LogP contribution in [0.5, 0.6) is 0 Å². The lowest BCUT2D eigenvalue weighted by molar-refractivity contribution is -0.123. The second-order valence-corrected chi connectivity index (χ2v) is 8.45. The van der Waals surface area contributed by atoms with Crippen molar-refractivity contribution in [1.82, 2.24) is 14.9 Å². The summed E-state index contributed by atoms with van der Waals surface area (Å²) in [5, 5.41) is 12.9. The molecule has 6 nitrogen and oxygen atoms in total. The van der Waals surface area contributed by atoms with Crippen molar-refractivity contribution < 1.29 is 4.79 Å². The van der Waals surface area contributed by atoms with Gasteiger partial charge in [0, 0.05) is 9.90 Å². The Hall–Kier alpha value is -2.69. The number of hydrogen-bond donors (Lipinski definition) is 1. The van der Waals surface area contributed by atoms with Crippen LogP contribution in [0, 0.1) is 11.3 Å². The largest absolute Gasteiger partial charge is 0.336 e. The Kier molecular flexibility index (Phi) is 4.92. The highest BCUT2D eigenvalue weighted by Crippen LogP contribution is 2.31. The number of aromatic nitrogens is 2. The van der Waals surface area contributed by atoms with Crippen molar-refractivity contribution >= 4 is 39.1 Å². The highest BCUT2D eigenvalue weighted by molar-refractivity contribution is 7.22. The lowest BCUT2D eigenvalue weighted by Crippen LogP contribution is -2.47. The molecule has 1 amide bonds. The zero-order chi connectivity index (χ0) is 19.7. The maximum Gasteiger partial charge on any atom is 0.271 e. The Bertz CT molecular complexity index is 1140. The van der Waals surface area contributed by atoms with Crippen molar-refractivity contribution in [2.45, 2.75) is 37.8 Å². The molecule has 0 saturated heterocycles. The van der Waals surface area contributed by atoms with Gasteiger partial charge >= 0.3 is 0 Å².